The number of rotatable bonds is 5. The number of hydrogen-bond donors (Lipinski definition) is 0. The Morgan fingerprint density at radius 2 is 1.84 bits per heavy atom. The van der Waals surface area contributed by atoms with Crippen LogP contribution in [0.5, 0.6) is 0 Å². The molecule has 2 aliphatic rings. The average Bonchev–Trinajstić information content (AvgIpc) is 3.35. The molecular formula is C20H26N4O. The van der Waals surface area contributed by atoms with Crippen LogP contribution in [-0.2, 0) is 0 Å². The van der Waals surface area contributed by atoms with Crippen LogP contribution in [0, 0.1) is 11.8 Å². The predicted octanol–water partition coefficient (Wildman–Crippen LogP) is 3.32. The van der Waals surface area contributed by atoms with Gasteiger partial charge in [-0.2, -0.15) is 0 Å². The summed E-state index contributed by atoms with van der Waals surface area (Å²) in [6, 6.07) is 5.80. The molecule has 0 bridgehead atoms. The monoisotopic (exact) mass is 338 g/mol. The third kappa shape index (κ3) is 4.10. The number of anilines is 1. The second kappa shape index (κ2) is 7.83. The Morgan fingerprint density at radius 1 is 1.04 bits per heavy atom. The van der Waals surface area contributed by atoms with E-state index in [-0.39, 0.29) is 0 Å². The first-order valence-electron chi connectivity index (χ1n) is 9.33. The van der Waals surface area contributed by atoms with Gasteiger partial charge in [0.2, 0.25) is 5.95 Å². The molecule has 0 radical (unpaired) electrons. The second-order valence-corrected chi connectivity index (χ2v) is 7.10. The Morgan fingerprint density at radius 3 is 2.60 bits per heavy atom. The molecule has 0 aliphatic carbocycles. The molecule has 0 N–H and O–H groups in total. The molecule has 2 fully saturated rings. The van der Waals surface area contributed by atoms with Crippen LogP contribution < -0.4 is 4.90 Å². The van der Waals surface area contributed by atoms with Gasteiger partial charge in [-0.1, -0.05) is 6.08 Å². The fraction of sp³-hybridized carbons (Fsp3) is 0.500. The smallest absolute Gasteiger partial charge is 0.225 e. The van der Waals surface area contributed by atoms with E-state index in [0.29, 0.717) is 0 Å². The molecule has 2 aromatic heterocycles. The lowest BCUT2D eigenvalue weighted by molar-refractivity contribution is 0.264. The summed E-state index contributed by atoms with van der Waals surface area (Å²) in [4.78, 5) is 13.7. The minimum absolute atomic E-state index is 0.843. The minimum Gasteiger partial charge on any atom is -0.465 e. The van der Waals surface area contributed by atoms with Gasteiger partial charge >= 0.3 is 0 Å². The molecule has 5 nitrogen and oxygen atoms in total. The average molecular weight is 338 g/mol. The molecule has 4 rings (SSSR count). The number of nitrogens with zero attached hydrogens (tertiary/aromatic N) is 4. The van der Waals surface area contributed by atoms with Crippen LogP contribution in [0.2, 0.25) is 0 Å². The van der Waals surface area contributed by atoms with Crippen LogP contribution in [-0.4, -0.2) is 47.6 Å². The normalized spacial score (nSPS) is 22.9. The Labute approximate surface area is 149 Å². The first kappa shape index (κ1) is 16.3. The van der Waals surface area contributed by atoms with Gasteiger partial charge in [-0.3, -0.25) is 4.90 Å². The van der Waals surface area contributed by atoms with Crippen molar-refractivity contribution in [2.75, 3.05) is 37.6 Å². The molecule has 25 heavy (non-hydrogen) atoms. The molecule has 5 heteroatoms. The van der Waals surface area contributed by atoms with Gasteiger partial charge in [0.25, 0.3) is 0 Å². The molecule has 1 atom stereocenters. The number of piperidine rings is 1. The highest BCUT2D eigenvalue weighted by Gasteiger charge is 2.31. The van der Waals surface area contributed by atoms with Crippen LogP contribution in [0.3, 0.4) is 0 Å². The lowest BCUT2D eigenvalue weighted by Crippen LogP contribution is -2.37. The summed E-state index contributed by atoms with van der Waals surface area (Å²) in [5.74, 6) is 3.51. The molecular weight excluding hydrogens is 312 g/mol. The molecule has 0 aromatic carbocycles. The predicted molar refractivity (Wildman–Crippen MR) is 99.3 cm³/mol. The largest absolute Gasteiger partial charge is 0.465 e. The van der Waals surface area contributed by atoms with Gasteiger partial charge in [0, 0.05) is 38.6 Å². The highest BCUT2D eigenvalue weighted by atomic mass is 16.3. The molecule has 1 unspecified atom stereocenters. The quantitative estimate of drug-likeness (QED) is 0.837. The summed E-state index contributed by atoms with van der Waals surface area (Å²) in [5.41, 5.74) is 0. The van der Waals surface area contributed by atoms with Crippen molar-refractivity contribution >= 4 is 12.0 Å². The maximum atomic E-state index is 5.34. The lowest BCUT2D eigenvalue weighted by atomic mass is 9.84. The molecule has 132 valence electrons. The van der Waals surface area contributed by atoms with Crippen molar-refractivity contribution in [2.45, 2.75) is 19.3 Å². The maximum absolute atomic E-state index is 5.34. The van der Waals surface area contributed by atoms with E-state index in [0.717, 1.165) is 43.2 Å². The van der Waals surface area contributed by atoms with Gasteiger partial charge in [-0.25, -0.2) is 9.97 Å². The van der Waals surface area contributed by atoms with E-state index in [1.54, 1.807) is 6.26 Å². The third-order valence-corrected chi connectivity index (χ3v) is 5.54. The van der Waals surface area contributed by atoms with Crippen LogP contribution >= 0.6 is 0 Å². The summed E-state index contributed by atoms with van der Waals surface area (Å²) in [6.45, 7) is 5.64. The minimum atomic E-state index is 0.843. The SMILES string of the molecule is C(=C\c1ccco1)/CN1CCC(C2CCN(c3ncccn3)CC2)C1. The molecule has 0 saturated carbocycles. The van der Waals surface area contributed by atoms with Gasteiger partial charge in [0.1, 0.15) is 5.76 Å². The molecule has 2 saturated heterocycles. The number of aromatic nitrogens is 2. The molecule has 0 amide bonds. The highest BCUT2D eigenvalue weighted by Crippen LogP contribution is 2.32. The van der Waals surface area contributed by atoms with E-state index >= 15 is 0 Å². The molecule has 2 aromatic rings. The van der Waals surface area contributed by atoms with Crippen molar-refractivity contribution in [1.82, 2.24) is 14.9 Å². The Balaban J connectivity index is 1.23. The zero-order valence-corrected chi connectivity index (χ0v) is 14.6. The summed E-state index contributed by atoms with van der Waals surface area (Å²) in [6.07, 6.45) is 13.5. The first-order chi connectivity index (χ1) is 12.4. The van der Waals surface area contributed by atoms with Crippen molar-refractivity contribution in [3.63, 3.8) is 0 Å². The fourth-order valence-electron chi connectivity index (χ4n) is 4.14. The highest BCUT2D eigenvalue weighted by molar-refractivity contribution is 5.42. The van der Waals surface area contributed by atoms with Gasteiger partial charge in [-0.15, -0.1) is 0 Å². The van der Waals surface area contributed by atoms with Crippen LogP contribution in [0.4, 0.5) is 5.95 Å². The Bertz CT molecular complexity index is 662. The van der Waals surface area contributed by atoms with Crippen LogP contribution in [0.15, 0.2) is 47.3 Å². The lowest BCUT2D eigenvalue weighted by Gasteiger charge is -2.34. The topological polar surface area (TPSA) is 45.4 Å². The van der Waals surface area contributed by atoms with Crippen molar-refractivity contribution in [2.24, 2.45) is 11.8 Å². The second-order valence-electron chi connectivity index (χ2n) is 7.10. The summed E-state index contributed by atoms with van der Waals surface area (Å²) in [7, 11) is 0. The van der Waals surface area contributed by atoms with Crippen molar-refractivity contribution in [3.05, 3.63) is 48.7 Å². The summed E-state index contributed by atoms with van der Waals surface area (Å²) < 4.78 is 5.34. The summed E-state index contributed by atoms with van der Waals surface area (Å²) in [5, 5.41) is 0. The van der Waals surface area contributed by atoms with E-state index in [1.807, 2.05) is 30.6 Å². The van der Waals surface area contributed by atoms with Crippen molar-refractivity contribution in [1.29, 1.82) is 0 Å². The van der Waals surface area contributed by atoms with E-state index in [9.17, 15) is 0 Å². The zero-order chi connectivity index (χ0) is 16.9. The van der Waals surface area contributed by atoms with E-state index in [4.69, 9.17) is 4.42 Å². The third-order valence-electron chi connectivity index (χ3n) is 5.54. The van der Waals surface area contributed by atoms with Crippen molar-refractivity contribution in [3.8, 4) is 0 Å². The van der Waals surface area contributed by atoms with E-state index < -0.39 is 0 Å². The first-order valence-corrected chi connectivity index (χ1v) is 9.33. The van der Waals surface area contributed by atoms with Gasteiger partial charge < -0.3 is 9.32 Å². The zero-order valence-electron chi connectivity index (χ0n) is 14.6. The van der Waals surface area contributed by atoms with E-state index in [2.05, 4.69) is 31.9 Å². The number of hydrogen-bond acceptors (Lipinski definition) is 5. The Kier molecular flexibility index (Phi) is 5.11. The van der Waals surface area contributed by atoms with Crippen LogP contribution in [0.25, 0.3) is 6.08 Å². The number of likely N-dealkylation sites (tertiary alicyclic amines) is 1. The number of furan rings is 1. The van der Waals surface area contributed by atoms with Gasteiger partial charge in [0.05, 0.1) is 6.26 Å². The fourth-order valence-corrected chi connectivity index (χ4v) is 4.14. The van der Waals surface area contributed by atoms with Crippen molar-refractivity contribution < 1.29 is 4.42 Å². The van der Waals surface area contributed by atoms with Crippen LogP contribution in [0.1, 0.15) is 25.0 Å². The standard InChI is InChI=1S/C20H26N4O/c1(4-19-5-2-15-25-19)11-23-12-6-18(16-23)17-7-13-24(14-8-17)20-21-9-3-10-22-20/h1-5,9-10,15,17-18H,6-8,11-14,16H2/b4-1+. The molecule has 4 heterocycles. The van der Waals surface area contributed by atoms with Gasteiger partial charge in [0.15, 0.2) is 0 Å². The molecule has 2 aliphatic heterocycles. The Hall–Kier alpha value is -2.14. The summed E-state index contributed by atoms with van der Waals surface area (Å²) >= 11 is 0. The maximum Gasteiger partial charge on any atom is 0.225 e. The van der Waals surface area contributed by atoms with E-state index in [1.165, 1.54) is 32.4 Å². The van der Waals surface area contributed by atoms with Gasteiger partial charge in [-0.05, 0) is 61.9 Å². The molecule has 0 spiro atoms.